The van der Waals surface area contributed by atoms with Crippen LogP contribution in [0.25, 0.3) is 0 Å². The fourth-order valence-electron chi connectivity index (χ4n) is 3.81. The van der Waals surface area contributed by atoms with Crippen LogP contribution in [0.1, 0.15) is 58.0 Å². The van der Waals surface area contributed by atoms with E-state index in [1.165, 1.54) is 28.4 Å². The summed E-state index contributed by atoms with van der Waals surface area (Å²) in [6.07, 6.45) is -5.20. The van der Waals surface area contributed by atoms with Gasteiger partial charge in [0.25, 0.3) is 0 Å². The van der Waals surface area contributed by atoms with E-state index < -0.39 is 53.2 Å². The molecule has 38 heavy (non-hydrogen) atoms. The van der Waals surface area contributed by atoms with Crippen LogP contribution in [0.3, 0.4) is 0 Å². The van der Waals surface area contributed by atoms with Gasteiger partial charge in [0.05, 0.1) is 5.56 Å². The minimum absolute atomic E-state index is 0.00360. The molecule has 0 aliphatic carbocycles. The molecule has 210 valence electrons. The maximum Gasteiger partial charge on any atom is 0.416 e. The van der Waals surface area contributed by atoms with Gasteiger partial charge in [0, 0.05) is 29.2 Å². The van der Waals surface area contributed by atoms with Crippen molar-refractivity contribution < 1.29 is 32.3 Å². The highest BCUT2D eigenvalue weighted by atomic mass is 35.5. The number of hydrogen-bond acceptors (Lipinski definition) is 5. The number of rotatable bonds is 9. The average Bonchev–Trinajstić information content (AvgIpc) is 3.33. The lowest BCUT2D eigenvalue weighted by Gasteiger charge is -2.35. The molecular formula is C26H33ClF3N3O4S. The smallest absolute Gasteiger partial charge is 0.416 e. The average molecular weight is 576 g/mol. The maximum atomic E-state index is 13.6. The molecule has 0 radical (unpaired) electrons. The van der Waals surface area contributed by atoms with E-state index in [1.54, 1.807) is 45.2 Å². The molecule has 2 aromatic rings. The van der Waals surface area contributed by atoms with Gasteiger partial charge in [0.15, 0.2) is 0 Å². The first-order valence-corrected chi connectivity index (χ1v) is 13.4. The van der Waals surface area contributed by atoms with E-state index in [1.807, 2.05) is 13.8 Å². The number of nitrogens with zero attached hydrogens (tertiary/aromatic N) is 2. The number of thiophene rings is 1. The van der Waals surface area contributed by atoms with Crippen molar-refractivity contribution in [2.75, 3.05) is 17.3 Å². The number of alkyl halides is 4. The number of carbonyl (C=O) groups is 3. The second-order valence-electron chi connectivity index (χ2n) is 9.94. The van der Waals surface area contributed by atoms with E-state index in [0.717, 1.165) is 17.0 Å². The van der Waals surface area contributed by atoms with Crippen molar-refractivity contribution in [3.63, 3.8) is 0 Å². The van der Waals surface area contributed by atoms with Crippen LogP contribution in [0, 0.1) is 0 Å². The van der Waals surface area contributed by atoms with Crippen LogP contribution >= 0.6 is 22.9 Å². The van der Waals surface area contributed by atoms with Gasteiger partial charge in [-0.1, -0.05) is 12.1 Å². The summed E-state index contributed by atoms with van der Waals surface area (Å²) >= 11 is 7.00. The number of benzene rings is 1. The third-order valence-corrected chi connectivity index (χ3v) is 6.51. The molecule has 2 rings (SSSR count). The molecule has 1 heterocycles. The monoisotopic (exact) mass is 575 g/mol. The number of nitrogens with one attached hydrogen (secondary N) is 1. The molecule has 1 aromatic heterocycles. The molecule has 1 aromatic carbocycles. The van der Waals surface area contributed by atoms with Crippen LogP contribution in [0.5, 0.6) is 0 Å². The minimum atomic E-state index is -4.65. The lowest BCUT2D eigenvalue weighted by atomic mass is 10.1. The summed E-state index contributed by atoms with van der Waals surface area (Å²) in [6, 6.07) is 5.43. The Labute approximate surface area is 229 Å². The molecule has 3 amide bonds. The van der Waals surface area contributed by atoms with Crippen LogP contribution in [-0.2, 0) is 20.5 Å². The van der Waals surface area contributed by atoms with Crippen molar-refractivity contribution in [2.45, 2.75) is 71.4 Å². The number of halogens is 4. The number of hydrogen-bond donors (Lipinski definition) is 1. The van der Waals surface area contributed by atoms with Gasteiger partial charge in [-0.05, 0) is 71.2 Å². The number of amides is 3. The van der Waals surface area contributed by atoms with Gasteiger partial charge in [-0.25, -0.2) is 4.79 Å². The minimum Gasteiger partial charge on any atom is -0.444 e. The fraction of sp³-hybridized carbons (Fsp3) is 0.500. The lowest BCUT2D eigenvalue weighted by molar-refractivity contribution is -0.137. The van der Waals surface area contributed by atoms with Crippen LogP contribution < -0.4 is 10.2 Å². The zero-order valence-electron chi connectivity index (χ0n) is 22.1. The molecule has 1 N–H and O–H groups in total. The summed E-state index contributed by atoms with van der Waals surface area (Å²) in [7, 11) is 0. The fourth-order valence-corrected chi connectivity index (χ4v) is 4.75. The second-order valence-corrected chi connectivity index (χ2v) is 11.2. The van der Waals surface area contributed by atoms with Crippen LogP contribution in [0.4, 0.5) is 23.7 Å². The Bertz CT molecular complexity index is 1100. The first-order chi connectivity index (χ1) is 17.6. The molecule has 0 saturated carbocycles. The second kappa shape index (κ2) is 12.8. The Morgan fingerprint density at radius 1 is 1.08 bits per heavy atom. The first-order valence-electron chi connectivity index (χ1n) is 11.9. The van der Waals surface area contributed by atoms with E-state index in [-0.39, 0.29) is 18.3 Å². The SMILES string of the molecule is CC(C)N(C(=O)OC(C)(C)C)C(C)CNC(=O)C(c1cccs1)N(C(=O)CCl)c1cccc(C(F)(F)F)c1. The molecule has 0 aliphatic rings. The van der Waals surface area contributed by atoms with Gasteiger partial charge in [-0.3, -0.25) is 14.5 Å². The van der Waals surface area contributed by atoms with Crippen molar-refractivity contribution in [1.82, 2.24) is 10.2 Å². The molecule has 2 atom stereocenters. The Hall–Kier alpha value is -2.79. The topological polar surface area (TPSA) is 79.0 Å². The summed E-state index contributed by atoms with van der Waals surface area (Å²) < 4.78 is 45.7. The van der Waals surface area contributed by atoms with E-state index in [4.69, 9.17) is 16.3 Å². The van der Waals surface area contributed by atoms with E-state index in [9.17, 15) is 27.6 Å². The largest absolute Gasteiger partial charge is 0.444 e. The Kier molecular flexibility index (Phi) is 10.6. The van der Waals surface area contributed by atoms with Crippen molar-refractivity contribution in [1.29, 1.82) is 0 Å². The molecule has 0 saturated heterocycles. The van der Waals surface area contributed by atoms with Gasteiger partial charge in [-0.2, -0.15) is 13.2 Å². The van der Waals surface area contributed by atoms with Crippen LogP contribution in [0.2, 0.25) is 0 Å². The predicted octanol–water partition coefficient (Wildman–Crippen LogP) is 6.23. The van der Waals surface area contributed by atoms with Gasteiger partial charge < -0.3 is 15.0 Å². The van der Waals surface area contributed by atoms with Crippen LogP contribution in [-0.4, -0.2) is 52.9 Å². The van der Waals surface area contributed by atoms with Crippen molar-refractivity contribution in [3.8, 4) is 0 Å². The zero-order chi connectivity index (χ0) is 28.8. The highest BCUT2D eigenvalue weighted by Crippen LogP contribution is 2.35. The molecule has 12 heteroatoms. The molecule has 2 unspecified atom stereocenters. The van der Waals surface area contributed by atoms with E-state index >= 15 is 0 Å². The van der Waals surface area contributed by atoms with Crippen molar-refractivity contribution >= 4 is 46.5 Å². The highest BCUT2D eigenvalue weighted by molar-refractivity contribution is 7.10. The summed E-state index contributed by atoms with van der Waals surface area (Å²) in [4.78, 5) is 42.2. The maximum absolute atomic E-state index is 13.6. The third kappa shape index (κ3) is 8.36. The predicted molar refractivity (Wildman–Crippen MR) is 142 cm³/mol. The van der Waals surface area contributed by atoms with Gasteiger partial charge >= 0.3 is 12.3 Å². The Morgan fingerprint density at radius 3 is 2.24 bits per heavy atom. The quantitative estimate of drug-likeness (QED) is 0.360. The molecule has 0 spiro atoms. The van der Waals surface area contributed by atoms with E-state index in [0.29, 0.717) is 4.88 Å². The number of carbonyl (C=O) groups excluding carboxylic acids is 3. The lowest BCUT2D eigenvalue weighted by Crippen LogP contribution is -2.52. The summed E-state index contributed by atoms with van der Waals surface area (Å²) in [5, 5.41) is 4.45. The summed E-state index contributed by atoms with van der Waals surface area (Å²) in [5.41, 5.74) is -1.80. The summed E-state index contributed by atoms with van der Waals surface area (Å²) in [6.45, 7) is 10.6. The van der Waals surface area contributed by atoms with Gasteiger partial charge in [0.1, 0.15) is 17.5 Å². The first kappa shape index (κ1) is 31.4. The molecule has 0 aliphatic heterocycles. The standard InChI is InChI=1S/C26H33ClF3N3O4S/c1-16(2)32(24(36)37-25(4,5)6)17(3)15-31-23(35)22(20-11-8-12-38-20)33(21(34)14-27)19-10-7-9-18(13-19)26(28,29)30/h7-13,16-17,22H,14-15H2,1-6H3,(H,31,35). The van der Waals surface area contributed by atoms with Gasteiger partial charge in [-0.15, -0.1) is 22.9 Å². The van der Waals surface area contributed by atoms with Crippen LogP contribution in [0.15, 0.2) is 41.8 Å². The normalized spacial score (nSPS) is 13.6. The third-order valence-electron chi connectivity index (χ3n) is 5.36. The van der Waals surface area contributed by atoms with Crippen molar-refractivity contribution in [2.24, 2.45) is 0 Å². The summed E-state index contributed by atoms with van der Waals surface area (Å²) in [5.74, 6) is -1.94. The van der Waals surface area contributed by atoms with Crippen molar-refractivity contribution in [3.05, 3.63) is 52.2 Å². The van der Waals surface area contributed by atoms with Gasteiger partial charge in [0.2, 0.25) is 11.8 Å². The highest BCUT2D eigenvalue weighted by Gasteiger charge is 2.36. The Balaban J connectivity index is 2.40. The zero-order valence-corrected chi connectivity index (χ0v) is 23.7. The molecule has 0 bridgehead atoms. The molecule has 0 fully saturated rings. The van der Waals surface area contributed by atoms with E-state index in [2.05, 4.69) is 5.32 Å². The molecule has 7 nitrogen and oxygen atoms in total. The number of ether oxygens (including phenoxy) is 1. The molecular weight excluding hydrogens is 543 g/mol. The Morgan fingerprint density at radius 2 is 1.74 bits per heavy atom. The number of anilines is 1.